The number of fused-ring (bicyclic) bond motifs is 1. The lowest BCUT2D eigenvalue weighted by atomic mass is 9.75. The maximum Gasteiger partial charge on any atom is 0.304 e. The van der Waals surface area contributed by atoms with E-state index in [-0.39, 0.29) is 35.5 Å². The third-order valence-corrected chi connectivity index (χ3v) is 8.88. The highest BCUT2D eigenvalue weighted by atomic mass is 19.1. The van der Waals surface area contributed by atoms with E-state index in [4.69, 9.17) is 9.47 Å². The molecule has 6 heteroatoms. The van der Waals surface area contributed by atoms with Gasteiger partial charge in [-0.25, -0.2) is 8.78 Å². The van der Waals surface area contributed by atoms with Gasteiger partial charge in [-0.3, -0.25) is 4.79 Å². The van der Waals surface area contributed by atoms with Gasteiger partial charge in [-0.05, 0) is 95.7 Å². The van der Waals surface area contributed by atoms with Crippen molar-refractivity contribution >= 4 is 5.97 Å². The van der Waals surface area contributed by atoms with Gasteiger partial charge in [0.05, 0.1) is 13.5 Å². The first-order chi connectivity index (χ1) is 18.5. The predicted molar refractivity (Wildman–Crippen MR) is 147 cm³/mol. The Labute approximate surface area is 229 Å². The molecule has 1 saturated carbocycles. The van der Waals surface area contributed by atoms with Crippen molar-refractivity contribution in [3.63, 3.8) is 0 Å². The van der Waals surface area contributed by atoms with E-state index in [2.05, 4.69) is 13.8 Å². The number of hydrogen-bond acceptors (Lipinski definition) is 3. The molecule has 4 nitrogen and oxygen atoms in total. The number of hydrogen-bond donors (Lipinski definition) is 1. The molecular formula is C33H36F2O4. The van der Waals surface area contributed by atoms with Gasteiger partial charge in [-0.1, -0.05) is 39.3 Å². The Balaban J connectivity index is 1.50. The van der Waals surface area contributed by atoms with Crippen molar-refractivity contribution in [1.82, 2.24) is 0 Å². The summed E-state index contributed by atoms with van der Waals surface area (Å²) < 4.78 is 42.4. The molecule has 2 aliphatic carbocycles. The van der Waals surface area contributed by atoms with Crippen molar-refractivity contribution in [2.45, 2.75) is 77.2 Å². The Hall–Kier alpha value is -3.41. The lowest BCUT2D eigenvalue weighted by Gasteiger charge is -2.30. The molecule has 0 saturated heterocycles. The Morgan fingerprint density at radius 3 is 2.46 bits per heavy atom. The summed E-state index contributed by atoms with van der Waals surface area (Å²) >= 11 is 0. The van der Waals surface area contributed by atoms with Crippen molar-refractivity contribution in [3.8, 4) is 22.6 Å². The molecule has 5 rings (SSSR count). The number of benzene rings is 3. The van der Waals surface area contributed by atoms with Crippen LogP contribution in [0.4, 0.5) is 8.78 Å². The van der Waals surface area contributed by atoms with E-state index in [1.165, 1.54) is 25.3 Å². The van der Waals surface area contributed by atoms with Gasteiger partial charge in [0.25, 0.3) is 0 Å². The molecule has 1 fully saturated rings. The molecular weight excluding hydrogens is 498 g/mol. The fraction of sp³-hybridized carbons (Fsp3) is 0.424. The van der Waals surface area contributed by atoms with Gasteiger partial charge in [0.2, 0.25) is 0 Å². The highest BCUT2D eigenvalue weighted by Gasteiger charge is 2.38. The third kappa shape index (κ3) is 5.26. The molecule has 0 aliphatic heterocycles. The fourth-order valence-corrected chi connectivity index (χ4v) is 6.71. The van der Waals surface area contributed by atoms with Gasteiger partial charge in [0.15, 0.2) is 0 Å². The summed E-state index contributed by atoms with van der Waals surface area (Å²) in [7, 11) is 1.51. The van der Waals surface area contributed by atoms with Crippen LogP contribution in [-0.4, -0.2) is 18.2 Å². The summed E-state index contributed by atoms with van der Waals surface area (Å²) in [6.07, 6.45) is 4.65. The maximum absolute atomic E-state index is 15.9. The molecule has 0 radical (unpaired) electrons. The zero-order valence-corrected chi connectivity index (χ0v) is 23.1. The molecule has 2 aliphatic rings. The largest absolute Gasteiger partial charge is 0.497 e. The molecule has 206 valence electrons. The molecule has 0 heterocycles. The minimum absolute atomic E-state index is 0.0510. The number of aryl methyl sites for hydroxylation is 1. The monoisotopic (exact) mass is 534 g/mol. The minimum atomic E-state index is -0.818. The van der Waals surface area contributed by atoms with Crippen molar-refractivity contribution in [1.29, 1.82) is 0 Å². The van der Waals surface area contributed by atoms with Crippen LogP contribution in [0.2, 0.25) is 0 Å². The van der Waals surface area contributed by atoms with Gasteiger partial charge in [0, 0.05) is 16.5 Å². The number of halogens is 2. The Kier molecular flexibility index (Phi) is 7.17. The van der Waals surface area contributed by atoms with E-state index in [9.17, 15) is 9.90 Å². The number of carboxylic acids is 1. The van der Waals surface area contributed by atoms with Gasteiger partial charge >= 0.3 is 5.97 Å². The first-order valence-corrected chi connectivity index (χ1v) is 13.6. The van der Waals surface area contributed by atoms with Crippen molar-refractivity contribution in [3.05, 3.63) is 82.4 Å². The minimum Gasteiger partial charge on any atom is -0.497 e. The normalized spacial score (nSPS) is 21.5. The van der Waals surface area contributed by atoms with Gasteiger partial charge in [-0.2, -0.15) is 0 Å². The molecule has 0 spiro atoms. The van der Waals surface area contributed by atoms with Crippen LogP contribution in [0, 0.1) is 17.0 Å². The van der Waals surface area contributed by atoms with E-state index < -0.39 is 23.0 Å². The van der Waals surface area contributed by atoms with E-state index >= 15 is 8.78 Å². The number of carbonyl (C=O) groups is 1. The molecule has 0 unspecified atom stereocenters. The second-order valence-electron chi connectivity index (χ2n) is 12.1. The average molecular weight is 535 g/mol. The second kappa shape index (κ2) is 10.3. The number of carboxylic acid groups (broad SMARTS) is 1. The van der Waals surface area contributed by atoms with E-state index in [0.29, 0.717) is 17.1 Å². The van der Waals surface area contributed by atoms with E-state index in [1.807, 2.05) is 31.2 Å². The Morgan fingerprint density at radius 2 is 1.77 bits per heavy atom. The van der Waals surface area contributed by atoms with Crippen LogP contribution >= 0.6 is 0 Å². The molecule has 3 aromatic rings. The fourth-order valence-electron chi connectivity index (χ4n) is 6.71. The van der Waals surface area contributed by atoms with E-state index in [1.54, 1.807) is 6.07 Å². The zero-order chi connectivity index (χ0) is 27.9. The van der Waals surface area contributed by atoms with Gasteiger partial charge in [0.1, 0.15) is 29.7 Å². The SMILES string of the molecule is COc1ccc(F)c(-c2c(F)cc(COc3ccc4c(c3)[C@](C)(CC(=O)O)CC4)cc2[C@@H]2CCCC2(C)C)c1. The number of rotatable bonds is 8. The first-order valence-electron chi connectivity index (χ1n) is 13.6. The lowest BCUT2D eigenvalue weighted by molar-refractivity contribution is -0.138. The highest BCUT2D eigenvalue weighted by molar-refractivity contribution is 5.72. The summed E-state index contributed by atoms with van der Waals surface area (Å²) in [5.74, 6) is -0.617. The maximum atomic E-state index is 15.9. The van der Waals surface area contributed by atoms with Crippen LogP contribution in [0.3, 0.4) is 0 Å². The second-order valence-corrected chi connectivity index (χ2v) is 12.1. The quantitative estimate of drug-likeness (QED) is 0.317. The molecule has 2 atom stereocenters. The zero-order valence-electron chi connectivity index (χ0n) is 23.1. The van der Waals surface area contributed by atoms with Crippen LogP contribution in [0.1, 0.15) is 81.0 Å². The Bertz CT molecular complexity index is 1410. The van der Waals surface area contributed by atoms with E-state index in [0.717, 1.165) is 48.8 Å². The topological polar surface area (TPSA) is 55.8 Å². The van der Waals surface area contributed by atoms with Crippen LogP contribution in [-0.2, 0) is 23.2 Å². The van der Waals surface area contributed by atoms with Crippen LogP contribution < -0.4 is 9.47 Å². The third-order valence-electron chi connectivity index (χ3n) is 8.88. The average Bonchev–Trinajstić information content (AvgIpc) is 3.40. The predicted octanol–water partition coefficient (Wildman–Crippen LogP) is 8.19. The smallest absolute Gasteiger partial charge is 0.304 e. The number of ether oxygens (including phenoxy) is 2. The van der Waals surface area contributed by atoms with Crippen LogP contribution in [0.25, 0.3) is 11.1 Å². The molecule has 1 N–H and O–H groups in total. The van der Waals surface area contributed by atoms with Gasteiger partial charge in [-0.15, -0.1) is 0 Å². The summed E-state index contributed by atoms with van der Waals surface area (Å²) in [5.41, 5.74) is 3.63. The molecule has 0 bridgehead atoms. The molecule has 0 amide bonds. The van der Waals surface area contributed by atoms with Crippen molar-refractivity contribution < 1.29 is 28.2 Å². The van der Waals surface area contributed by atoms with Crippen LogP contribution in [0.5, 0.6) is 11.5 Å². The summed E-state index contributed by atoms with van der Waals surface area (Å²) in [6, 6.07) is 13.6. The van der Waals surface area contributed by atoms with Crippen LogP contribution in [0.15, 0.2) is 48.5 Å². The molecule has 3 aromatic carbocycles. The van der Waals surface area contributed by atoms with Crippen molar-refractivity contribution in [2.75, 3.05) is 7.11 Å². The summed E-state index contributed by atoms with van der Waals surface area (Å²) in [5, 5.41) is 9.42. The van der Waals surface area contributed by atoms with Crippen molar-refractivity contribution in [2.24, 2.45) is 5.41 Å². The first kappa shape index (κ1) is 27.2. The highest BCUT2D eigenvalue weighted by Crippen LogP contribution is 2.52. The summed E-state index contributed by atoms with van der Waals surface area (Å²) in [4.78, 5) is 11.5. The number of aliphatic carboxylic acids is 1. The lowest BCUT2D eigenvalue weighted by Crippen LogP contribution is -2.22. The number of methoxy groups -OCH3 is 1. The molecule has 39 heavy (non-hydrogen) atoms. The Morgan fingerprint density at radius 1 is 1.00 bits per heavy atom. The molecule has 0 aromatic heterocycles. The summed E-state index contributed by atoms with van der Waals surface area (Å²) in [6.45, 7) is 6.51. The van der Waals surface area contributed by atoms with Gasteiger partial charge < -0.3 is 14.6 Å². The standard InChI is InChI=1S/C33H36F2O4/c1-32(2)12-5-6-26(32)24-14-20(15-29(35)31(24)25-16-22(38-4)9-10-28(25)34)19-39-23-8-7-21-11-13-33(3,18-30(36)37)27(21)17-23/h7-10,14-17,26H,5-6,11-13,18-19H2,1-4H3,(H,36,37)/t26-,33-/m0/s1.